The zero-order valence-electron chi connectivity index (χ0n) is 15.3. The zero-order valence-corrected chi connectivity index (χ0v) is 15.3. The molecule has 0 radical (unpaired) electrons. The Balaban J connectivity index is 1.75. The van der Waals surface area contributed by atoms with Crippen LogP contribution >= 0.6 is 0 Å². The highest BCUT2D eigenvalue weighted by Crippen LogP contribution is 2.26. The molecule has 27 heavy (non-hydrogen) atoms. The van der Waals surface area contributed by atoms with Gasteiger partial charge in [0.15, 0.2) is 0 Å². The molecule has 0 aromatic heterocycles. The maximum Gasteiger partial charge on any atom is 0.246 e. The molecule has 2 amide bonds. The number of anilines is 1. The van der Waals surface area contributed by atoms with E-state index in [-0.39, 0.29) is 23.7 Å². The van der Waals surface area contributed by atoms with Crippen LogP contribution in [0.1, 0.15) is 31.4 Å². The van der Waals surface area contributed by atoms with Crippen molar-refractivity contribution >= 4 is 17.5 Å². The Morgan fingerprint density at radius 1 is 1.04 bits per heavy atom. The largest absolute Gasteiger partial charge is 0.354 e. The van der Waals surface area contributed by atoms with E-state index in [2.05, 4.69) is 15.5 Å². The molecular weight excluding hydrogens is 345 g/mol. The van der Waals surface area contributed by atoms with E-state index in [1.54, 1.807) is 12.1 Å². The Hall–Kier alpha value is -2.73. The third-order valence-corrected chi connectivity index (χ3v) is 4.78. The summed E-state index contributed by atoms with van der Waals surface area (Å²) in [6.07, 6.45) is 1.60. The molecule has 5 nitrogen and oxygen atoms in total. The monoisotopic (exact) mass is 369 g/mol. The number of piperidine rings is 1. The van der Waals surface area contributed by atoms with E-state index in [1.807, 2.05) is 30.3 Å². The van der Waals surface area contributed by atoms with Crippen molar-refractivity contribution in [2.45, 2.75) is 31.8 Å². The van der Waals surface area contributed by atoms with Gasteiger partial charge in [0.1, 0.15) is 11.9 Å². The number of amides is 2. The fourth-order valence-corrected chi connectivity index (χ4v) is 3.50. The highest BCUT2D eigenvalue weighted by molar-refractivity contribution is 5.95. The number of hydrogen-bond acceptors (Lipinski definition) is 3. The highest BCUT2D eigenvalue weighted by atomic mass is 19.1. The van der Waals surface area contributed by atoms with E-state index in [0.717, 1.165) is 18.4 Å². The van der Waals surface area contributed by atoms with Crippen molar-refractivity contribution in [3.8, 4) is 0 Å². The van der Waals surface area contributed by atoms with Crippen molar-refractivity contribution in [1.29, 1.82) is 0 Å². The highest BCUT2D eigenvalue weighted by Gasteiger charge is 2.31. The summed E-state index contributed by atoms with van der Waals surface area (Å²) in [5, 5.41) is 5.85. The molecule has 142 valence electrons. The first-order valence-electron chi connectivity index (χ1n) is 9.15. The van der Waals surface area contributed by atoms with Gasteiger partial charge < -0.3 is 10.6 Å². The van der Waals surface area contributed by atoms with Gasteiger partial charge in [-0.25, -0.2) is 4.39 Å². The molecule has 1 saturated heterocycles. The normalized spacial score (nSPS) is 16.5. The third-order valence-electron chi connectivity index (χ3n) is 4.78. The van der Waals surface area contributed by atoms with Gasteiger partial charge in [0, 0.05) is 31.7 Å². The first kappa shape index (κ1) is 19.0. The topological polar surface area (TPSA) is 61.4 Å². The molecule has 3 rings (SSSR count). The lowest BCUT2D eigenvalue weighted by Gasteiger charge is -2.37. The van der Waals surface area contributed by atoms with Crippen LogP contribution in [0.15, 0.2) is 54.6 Å². The Morgan fingerprint density at radius 3 is 2.26 bits per heavy atom. The molecule has 1 heterocycles. The van der Waals surface area contributed by atoms with Gasteiger partial charge in [-0.1, -0.05) is 30.3 Å². The van der Waals surface area contributed by atoms with Gasteiger partial charge in [0.2, 0.25) is 11.8 Å². The van der Waals surface area contributed by atoms with Gasteiger partial charge in [-0.15, -0.1) is 0 Å². The average molecular weight is 369 g/mol. The fraction of sp³-hybridized carbons (Fsp3) is 0.333. The number of benzene rings is 2. The number of nitrogens with zero attached hydrogens (tertiary/aromatic N) is 1. The van der Waals surface area contributed by atoms with Crippen LogP contribution in [0.3, 0.4) is 0 Å². The summed E-state index contributed by atoms with van der Waals surface area (Å²) in [4.78, 5) is 26.4. The number of hydrogen-bond donors (Lipinski definition) is 2. The van der Waals surface area contributed by atoms with E-state index >= 15 is 0 Å². The van der Waals surface area contributed by atoms with Crippen LogP contribution in [0.5, 0.6) is 0 Å². The van der Waals surface area contributed by atoms with Crippen LogP contribution in [0.2, 0.25) is 0 Å². The van der Waals surface area contributed by atoms with E-state index in [4.69, 9.17) is 0 Å². The molecule has 1 fully saturated rings. The lowest BCUT2D eigenvalue weighted by atomic mass is 9.98. The van der Waals surface area contributed by atoms with E-state index in [9.17, 15) is 14.0 Å². The number of likely N-dealkylation sites (tertiary alicyclic amines) is 1. The molecule has 0 saturated carbocycles. The van der Waals surface area contributed by atoms with Crippen molar-refractivity contribution < 1.29 is 14.0 Å². The van der Waals surface area contributed by atoms with Gasteiger partial charge in [0.05, 0.1) is 0 Å². The molecule has 0 unspecified atom stereocenters. The van der Waals surface area contributed by atoms with Gasteiger partial charge in [0.25, 0.3) is 0 Å². The fourth-order valence-electron chi connectivity index (χ4n) is 3.50. The summed E-state index contributed by atoms with van der Waals surface area (Å²) in [7, 11) is 0. The number of carbonyl (C=O) groups is 2. The Bertz CT molecular complexity index is 772. The van der Waals surface area contributed by atoms with Gasteiger partial charge in [-0.05, 0) is 42.7 Å². The molecule has 0 spiro atoms. The quantitative estimate of drug-likeness (QED) is 0.851. The van der Waals surface area contributed by atoms with Crippen LogP contribution in [0, 0.1) is 5.82 Å². The Labute approximate surface area is 158 Å². The van der Waals surface area contributed by atoms with Crippen LogP contribution in [-0.2, 0) is 9.59 Å². The minimum Gasteiger partial charge on any atom is -0.354 e. The van der Waals surface area contributed by atoms with Crippen molar-refractivity contribution in [1.82, 2.24) is 10.2 Å². The van der Waals surface area contributed by atoms with Crippen LogP contribution < -0.4 is 10.6 Å². The molecule has 2 aromatic rings. The summed E-state index contributed by atoms with van der Waals surface area (Å²) < 4.78 is 13.1. The van der Waals surface area contributed by atoms with Gasteiger partial charge >= 0.3 is 0 Å². The second kappa shape index (κ2) is 8.77. The molecule has 1 atom stereocenters. The first-order chi connectivity index (χ1) is 13.0. The standard InChI is InChI=1S/C21H24FN3O2/c1-15(26)23-19-11-13-25(14-12-19)20(16-5-3-2-4-6-16)21(27)24-18-9-7-17(22)8-10-18/h2-10,19-20H,11-14H2,1H3,(H,23,26)(H,24,27)/t20-/m1/s1. The maximum atomic E-state index is 13.1. The van der Waals surface area contributed by atoms with Gasteiger partial charge in [-0.2, -0.15) is 0 Å². The number of rotatable bonds is 5. The predicted molar refractivity (Wildman–Crippen MR) is 103 cm³/mol. The summed E-state index contributed by atoms with van der Waals surface area (Å²) >= 11 is 0. The molecule has 1 aliphatic rings. The summed E-state index contributed by atoms with van der Waals surface area (Å²) in [6, 6.07) is 15.1. The van der Waals surface area contributed by atoms with Crippen LogP contribution in [0.4, 0.5) is 10.1 Å². The predicted octanol–water partition coefficient (Wildman–Crippen LogP) is 3.11. The SMILES string of the molecule is CC(=O)NC1CCN([C@@H](C(=O)Nc2ccc(F)cc2)c2ccccc2)CC1. The molecule has 0 aliphatic carbocycles. The molecule has 2 aromatic carbocycles. The minimum atomic E-state index is -0.436. The summed E-state index contributed by atoms with van der Waals surface area (Å²) in [5.41, 5.74) is 1.48. The molecule has 0 bridgehead atoms. The zero-order chi connectivity index (χ0) is 19.2. The second-order valence-electron chi connectivity index (χ2n) is 6.82. The first-order valence-corrected chi connectivity index (χ1v) is 9.15. The van der Waals surface area contributed by atoms with Crippen LogP contribution in [0.25, 0.3) is 0 Å². The lowest BCUT2D eigenvalue weighted by Crippen LogP contribution is -2.47. The average Bonchev–Trinajstić information content (AvgIpc) is 2.66. The van der Waals surface area contributed by atoms with E-state index in [0.29, 0.717) is 18.8 Å². The molecule has 6 heteroatoms. The number of nitrogens with one attached hydrogen (secondary N) is 2. The van der Waals surface area contributed by atoms with Crippen molar-refractivity contribution in [2.75, 3.05) is 18.4 Å². The van der Waals surface area contributed by atoms with Gasteiger partial charge in [-0.3, -0.25) is 14.5 Å². The lowest BCUT2D eigenvalue weighted by molar-refractivity contribution is -0.123. The molecule has 2 N–H and O–H groups in total. The van der Waals surface area contributed by atoms with Crippen molar-refractivity contribution in [2.24, 2.45) is 0 Å². The summed E-state index contributed by atoms with van der Waals surface area (Å²) in [5.74, 6) is -0.513. The third kappa shape index (κ3) is 5.14. The number of carbonyl (C=O) groups excluding carboxylic acids is 2. The van der Waals surface area contributed by atoms with E-state index < -0.39 is 6.04 Å². The van der Waals surface area contributed by atoms with Crippen LogP contribution in [-0.4, -0.2) is 35.8 Å². The van der Waals surface area contributed by atoms with Crippen molar-refractivity contribution in [3.63, 3.8) is 0 Å². The number of halogens is 1. The molecule has 1 aliphatic heterocycles. The Kier molecular flexibility index (Phi) is 6.19. The minimum absolute atomic E-state index is 0.0258. The van der Waals surface area contributed by atoms with E-state index in [1.165, 1.54) is 19.1 Å². The molecular formula is C21H24FN3O2. The second-order valence-corrected chi connectivity index (χ2v) is 6.82. The van der Waals surface area contributed by atoms with Crippen molar-refractivity contribution in [3.05, 3.63) is 66.0 Å². The Morgan fingerprint density at radius 2 is 1.67 bits per heavy atom. The smallest absolute Gasteiger partial charge is 0.246 e. The maximum absolute atomic E-state index is 13.1. The summed E-state index contributed by atoms with van der Waals surface area (Å²) in [6.45, 7) is 2.94.